The van der Waals surface area contributed by atoms with Crippen molar-refractivity contribution in [3.63, 3.8) is 0 Å². The van der Waals surface area contributed by atoms with Crippen molar-refractivity contribution in [1.29, 1.82) is 0 Å². The van der Waals surface area contributed by atoms with Crippen molar-refractivity contribution >= 4 is 0 Å². The van der Waals surface area contributed by atoms with Gasteiger partial charge in [0, 0.05) is 0 Å². The lowest BCUT2D eigenvalue weighted by Crippen LogP contribution is -2.49. The first-order valence-corrected chi connectivity index (χ1v) is 6.15. The zero-order valence-corrected chi connectivity index (χ0v) is 10.5. The third-order valence-corrected chi connectivity index (χ3v) is 3.04. The van der Waals surface area contributed by atoms with Crippen molar-refractivity contribution in [2.75, 3.05) is 6.54 Å². The molecular formula is C14H21F2N. The Bertz CT molecular complexity index is 313. The second kappa shape index (κ2) is 6.70. The van der Waals surface area contributed by atoms with E-state index in [1.165, 1.54) is 0 Å². The molecule has 17 heavy (non-hydrogen) atoms. The van der Waals surface area contributed by atoms with E-state index in [2.05, 4.69) is 5.32 Å². The van der Waals surface area contributed by atoms with Crippen molar-refractivity contribution in [3.05, 3.63) is 35.9 Å². The molecule has 1 aromatic carbocycles. The average Bonchev–Trinajstić information content (AvgIpc) is 2.35. The van der Waals surface area contributed by atoms with E-state index in [9.17, 15) is 8.78 Å². The molecule has 0 aliphatic rings. The quantitative estimate of drug-likeness (QED) is 0.768. The average molecular weight is 241 g/mol. The SMILES string of the molecule is CCCNC(C)(CCc1ccccc1)C(F)F. The maximum absolute atomic E-state index is 13.0. The molecule has 96 valence electrons. The van der Waals surface area contributed by atoms with E-state index in [4.69, 9.17) is 0 Å². The Kier molecular flexibility index (Phi) is 5.56. The standard InChI is InChI=1S/C14H21F2N/c1-3-11-17-14(2,13(15)16)10-9-12-7-5-4-6-8-12/h4-8,13,17H,3,9-11H2,1-2H3. The summed E-state index contributed by atoms with van der Waals surface area (Å²) in [7, 11) is 0. The zero-order chi connectivity index (χ0) is 12.7. The second-order valence-corrected chi connectivity index (χ2v) is 4.63. The van der Waals surface area contributed by atoms with Crippen LogP contribution in [0.1, 0.15) is 32.3 Å². The van der Waals surface area contributed by atoms with Gasteiger partial charge in [-0.15, -0.1) is 0 Å². The van der Waals surface area contributed by atoms with E-state index in [0.29, 0.717) is 19.4 Å². The van der Waals surface area contributed by atoms with Crippen LogP contribution in [-0.4, -0.2) is 18.5 Å². The smallest absolute Gasteiger partial charge is 0.256 e. The van der Waals surface area contributed by atoms with E-state index >= 15 is 0 Å². The predicted octanol–water partition coefficient (Wildman–Crippen LogP) is 3.64. The lowest BCUT2D eigenvalue weighted by molar-refractivity contribution is 0.0355. The highest BCUT2D eigenvalue weighted by Gasteiger charge is 2.33. The van der Waals surface area contributed by atoms with Crippen molar-refractivity contribution in [2.24, 2.45) is 0 Å². The lowest BCUT2D eigenvalue weighted by Gasteiger charge is -2.30. The molecule has 1 nitrogen and oxygen atoms in total. The van der Waals surface area contributed by atoms with Crippen LogP contribution in [0, 0.1) is 0 Å². The number of benzene rings is 1. The summed E-state index contributed by atoms with van der Waals surface area (Å²) in [5.41, 5.74) is 0.0314. The highest BCUT2D eigenvalue weighted by Crippen LogP contribution is 2.22. The van der Waals surface area contributed by atoms with Gasteiger partial charge in [0.2, 0.25) is 0 Å². The molecule has 0 amide bonds. The summed E-state index contributed by atoms with van der Waals surface area (Å²) in [6.07, 6.45) is -0.335. The third kappa shape index (κ3) is 4.43. The van der Waals surface area contributed by atoms with Crippen LogP contribution >= 0.6 is 0 Å². The molecule has 0 aliphatic heterocycles. The van der Waals surface area contributed by atoms with Gasteiger partial charge in [0.1, 0.15) is 0 Å². The van der Waals surface area contributed by atoms with Gasteiger partial charge in [0.05, 0.1) is 5.54 Å². The number of rotatable bonds is 7. The fourth-order valence-electron chi connectivity index (χ4n) is 1.73. The molecule has 0 bridgehead atoms. The van der Waals surface area contributed by atoms with Gasteiger partial charge in [0.15, 0.2) is 0 Å². The molecule has 0 saturated heterocycles. The number of nitrogens with one attached hydrogen (secondary N) is 1. The summed E-state index contributed by atoms with van der Waals surface area (Å²) >= 11 is 0. The van der Waals surface area contributed by atoms with Crippen molar-refractivity contribution in [3.8, 4) is 0 Å². The molecule has 1 aromatic rings. The van der Waals surface area contributed by atoms with Gasteiger partial charge in [-0.3, -0.25) is 0 Å². The van der Waals surface area contributed by atoms with Gasteiger partial charge in [-0.05, 0) is 38.3 Å². The minimum Gasteiger partial charge on any atom is -0.307 e. The maximum Gasteiger partial charge on any atom is 0.256 e. The molecule has 1 N–H and O–H groups in total. The predicted molar refractivity (Wildman–Crippen MR) is 67.5 cm³/mol. The van der Waals surface area contributed by atoms with Crippen LogP contribution in [0.3, 0.4) is 0 Å². The highest BCUT2D eigenvalue weighted by molar-refractivity contribution is 5.15. The Labute approximate surface area is 102 Å². The lowest BCUT2D eigenvalue weighted by atomic mass is 9.93. The van der Waals surface area contributed by atoms with Crippen molar-refractivity contribution in [1.82, 2.24) is 5.32 Å². The van der Waals surface area contributed by atoms with E-state index in [1.54, 1.807) is 6.92 Å². The Morgan fingerprint density at radius 2 is 1.88 bits per heavy atom. The zero-order valence-electron chi connectivity index (χ0n) is 10.5. The Morgan fingerprint density at radius 3 is 2.41 bits per heavy atom. The first kappa shape index (κ1) is 14.1. The largest absolute Gasteiger partial charge is 0.307 e. The van der Waals surface area contributed by atoms with Gasteiger partial charge in [-0.1, -0.05) is 37.3 Å². The number of aryl methyl sites for hydroxylation is 1. The summed E-state index contributed by atoms with van der Waals surface area (Å²) in [6.45, 7) is 4.22. The number of alkyl halides is 2. The minimum absolute atomic E-state index is 0.453. The van der Waals surface area contributed by atoms with Crippen molar-refractivity contribution in [2.45, 2.75) is 45.1 Å². The van der Waals surface area contributed by atoms with E-state index in [-0.39, 0.29) is 0 Å². The van der Waals surface area contributed by atoms with Gasteiger partial charge in [-0.2, -0.15) is 0 Å². The van der Waals surface area contributed by atoms with Crippen LogP contribution in [0.15, 0.2) is 30.3 Å². The van der Waals surface area contributed by atoms with Crippen molar-refractivity contribution < 1.29 is 8.78 Å². The van der Waals surface area contributed by atoms with Gasteiger partial charge < -0.3 is 5.32 Å². The van der Waals surface area contributed by atoms with Gasteiger partial charge in [0.25, 0.3) is 6.43 Å². The van der Waals surface area contributed by atoms with Crippen LogP contribution in [-0.2, 0) is 6.42 Å². The van der Waals surface area contributed by atoms with E-state index < -0.39 is 12.0 Å². The van der Waals surface area contributed by atoms with Crippen LogP contribution in [0.25, 0.3) is 0 Å². The molecule has 1 unspecified atom stereocenters. The van der Waals surface area contributed by atoms with Crippen LogP contribution in [0.5, 0.6) is 0 Å². The van der Waals surface area contributed by atoms with Crippen LogP contribution in [0.4, 0.5) is 8.78 Å². The summed E-state index contributed by atoms with van der Waals surface area (Å²) in [5, 5.41) is 2.97. The molecule has 0 aromatic heterocycles. The molecular weight excluding hydrogens is 220 g/mol. The highest BCUT2D eigenvalue weighted by atomic mass is 19.3. The molecule has 1 atom stereocenters. The normalized spacial score (nSPS) is 14.9. The van der Waals surface area contributed by atoms with Gasteiger partial charge in [-0.25, -0.2) is 8.78 Å². The molecule has 0 radical (unpaired) electrons. The van der Waals surface area contributed by atoms with Crippen LogP contribution in [0.2, 0.25) is 0 Å². The molecule has 0 heterocycles. The van der Waals surface area contributed by atoms with Crippen LogP contribution < -0.4 is 5.32 Å². The van der Waals surface area contributed by atoms with E-state index in [0.717, 1.165) is 12.0 Å². The summed E-state index contributed by atoms with van der Waals surface area (Å²) in [5.74, 6) is 0. The summed E-state index contributed by atoms with van der Waals surface area (Å²) in [6, 6.07) is 9.77. The topological polar surface area (TPSA) is 12.0 Å². The summed E-state index contributed by atoms with van der Waals surface area (Å²) < 4.78 is 26.1. The van der Waals surface area contributed by atoms with Gasteiger partial charge >= 0.3 is 0 Å². The van der Waals surface area contributed by atoms with E-state index in [1.807, 2.05) is 37.3 Å². The number of hydrogen-bond donors (Lipinski definition) is 1. The Balaban J connectivity index is 2.55. The maximum atomic E-state index is 13.0. The molecule has 0 aliphatic carbocycles. The first-order chi connectivity index (χ1) is 8.08. The molecule has 0 saturated carbocycles. The Morgan fingerprint density at radius 1 is 1.24 bits per heavy atom. The first-order valence-electron chi connectivity index (χ1n) is 6.15. The molecule has 1 rings (SSSR count). The monoisotopic (exact) mass is 241 g/mol. The number of halogens is 2. The third-order valence-electron chi connectivity index (χ3n) is 3.04. The minimum atomic E-state index is -2.34. The Hall–Kier alpha value is -0.960. The summed E-state index contributed by atoms with van der Waals surface area (Å²) in [4.78, 5) is 0. The molecule has 0 fully saturated rings. The molecule has 3 heteroatoms. The number of hydrogen-bond acceptors (Lipinski definition) is 1. The fraction of sp³-hybridized carbons (Fsp3) is 0.571. The fourth-order valence-corrected chi connectivity index (χ4v) is 1.73. The second-order valence-electron chi connectivity index (χ2n) is 4.63. The molecule has 0 spiro atoms.